The van der Waals surface area contributed by atoms with Crippen LogP contribution in [0.2, 0.25) is 0 Å². The number of hydrogen-bond donors (Lipinski definition) is 0. The molecule has 0 bridgehead atoms. The Kier molecular flexibility index (Phi) is 4.64. The van der Waals surface area contributed by atoms with Gasteiger partial charge in [0.05, 0.1) is 6.26 Å². The fraction of sp³-hybridized carbons (Fsp3) is 0.636. The topological polar surface area (TPSA) is 66.4 Å². The Balaban J connectivity index is 2.06. The average molecular weight is 302 g/mol. The molecule has 106 valence electrons. The molecule has 0 aliphatic carbocycles. The van der Waals surface area contributed by atoms with E-state index in [1.807, 2.05) is 11.2 Å². The lowest BCUT2D eigenvalue weighted by atomic mass is 10.4. The van der Waals surface area contributed by atoms with Gasteiger partial charge in [-0.2, -0.15) is 0 Å². The van der Waals surface area contributed by atoms with Crippen LogP contribution in [0, 0.1) is 0 Å². The number of thioether (sulfide) groups is 1. The Bertz CT molecular complexity index is 518. The second-order valence-corrected chi connectivity index (χ2v) is 7.29. The highest BCUT2D eigenvalue weighted by molar-refractivity contribution is 7.98. The van der Waals surface area contributed by atoms with Crippen molar-refractivity contribution in [1.29, 1.82) is 0 Å². The summed E-state index contributed by atoms with van der Waals surface area (Å²) in [7, 11) is -3.10. The van der Waals surface area contributed by atoms with Gasteiger partial charge in [0, 0.05) is 43.5 Å². The minimum Gasteiger partial charge on any atom is -0.339 e. The molecule has 1 aromatic heterocycles. The van der Waals surface area contributed by atoms with E-state index in [0.29, 0.717) is 25.6 Å². The Labute approximate surface area is 118 Å². The summed E-state index contributed by atoms with van der Waals surface area (Å²) in [6.45, 7) is 2.47. The van der Waals surface area contributed by atoms with E-state index >= 15 is 0 Å². The van der Waals surface area contributed by atoms with Crippen molar-refractivity contribution in [2.24, 2.45) is 0 Å². The molecule has 19 heavy (non-hydrogen) atoms. The molecule has 1 aromatic rings. The highest BCUT2D eigenvalue weighted by Gasteiger charge is 2.22. The van der Waals surface area contributed by atoms with E-state index in [-0.39, 0.29) is 0 Å². The zero-order valence-electron chi connectivity index (χ0n) is 11.1. The third-order valence-corrected chi connectivity index (χ3v) is 5.04. The SMILES string of the molecule is CSc1cnc(N2CCCN(S(C)(=O)=O)CC2)nc1. The third-order valence-electron chi connectivity index (χ3n) is 3.06. The summed E-state index contributed by atoms with van der Waals surface area (Å²) in [5.74, 6) is 0.674. The van der Waals surface area contributed by atoms with Crippen LogP contribution in [0.5, 0.6) is 0 Å². The van der Waals surface area contributed by atoms with Gasteiger partial charge in [-0.15, -0.1) is 11.8 Å². The number of aromatic nitrogens is 2. The summed E-state index contributed by atoms with van der Waals surface area (Å²) >= 11 is 1.60. The Morgan fingerprint density at radius 2 is 1.84 bits per heavy atom. The summed E-state index contributed by atoms with van der Waals surface area (Å²) in [6.07, 6.45) is 7.62. The van der Waals surface area contributed by atoms with Crippen LogP contribution in [0.25, 0.3) is 0 Å². The number of nitrogens with zero attached hydrogens (tertiary/aromatic N) is 4. The standard InChI is InChI=1S/C11H18N4O2S2/c1-18-10-8-12-11(13-9-10)14-4-3-5-15(7-6-14)19(2,16)17/h8-9H,3-7H2,1-2H3. The van der Waals surface area contributed by atoms with Crippen LogP contribution < -0.4 is 4.90 Å². The van der Waals surface area contributed by atoms with Gasteiger partial charge in [0.1, 0.15) is 0 Å². The Morgan fingerprint density at radius 3 is 2.42 bits per heavy atom. The van der Waals surface area contributed by atoms with E-state index < -0.39 is 10.0 Å². The van der Waals surface area contributed by atoms with Crippen molar-refractivity contribution in [3.05, 3.63) is 12.4 Å². The minimum absolute atomic E-state index is 0.493. The Morgan fingerprint density at radius 1 is 1.16 bits per heavy atom. The molecule has 0 amide bonds. The van der Waals surface area contributed by atoms with E-state index in [2.05, 4.69) is 9.97 Å². The Hall–Kier alpha value is -0.860. The summed E-state index contributed by atoms with van der Waals surface area (Å²) in [5, 5.41) is 0. The molecule has 0 aromatic carbocycles. The summed E-state index contributed by atoms with van der Waals surface area (Å²) < 4.78 is 24.6. The molecule has 1 aliphatic heterocycles. The molecule has 0 saturated carbocycles. The molecule has 0 unspecified atom stereocenters. The van der Waals surface area contributed by atoms with Crippen molar-refractivity contribution in [2.45, 2.75) is 11.3 Å². The van der Waals surface area contributed by atoms with Crippen molar-refractivity contribution in [3.8, 4) is 0 Å². The van der Waals surface area contributed by atoms with Crippen molar-refractivity contribution < 1.29 is 8.42 Å². The molecular formula is C11H18N4O2S2. The fourth-order valence-electron chi connectivity index (χ4n) is 2.00. The maximum Gasteiger partial charge on any atom is 0.225 e. The van der Waals surface area contributed by atoms with Gasteiger partial charge in [-0.1, -0.05) is 0 Å². The quantitative estimate of drug-likeness (QED) is 0.765. The molecule has 1 fully saturated rings. The van der Waals surface area contributed by atoms with Crippen molar-refractivity contribution in [1.82, 2.24) is 14.3 Å². The van der Waals surface area contributed by atoms with Gasteiger partial charge in [0.2, 0.25) is 16.0 Å². The first-order chi connectivity index (χ1) is 9.00. The molecule has 1 saturated heterocycles. The van der Waals surface area contributed by atoms with Crippen LogP contribution in [0.4, 0.5) is 5.95 Å². The largest absolute Gasteiger partial charge is 0.339 e. The number of anilines is 1. The lowest BCUT2D eigenvalue weighted by Gasteiger charge is -2.20. The van der Waals surface area contributed by atoms with Crippen molar-refractivity contribution >= 4 is 27.7 Å². The predicted molar refractivity (Wildman–Crippen MR) is 77.1 cm³/mol. The lowest BCUT2D eigenvalue weighted by molar-refractivity contribution is 0.437. The van der Waals surface area contributed by atoms with Crippen LogP contribution in [0.3, 0.4) is 0 Å². The molecule has 6 nitrogen and oxygen atoms in total. The van der Waals surface area contributed by atoms with E-state index in [4.69, 9.17) is 0 Å². The molecule has 0 radical (unpaired) electrons. The molecule has 0 atom stereocenters. The molecule has 0 N–H and O–H groups in total. The second kappa shape index (κ2) is 6.06. The minimum atomic E-state index is -3.10. The van der Waals surface area contributed by atoms with Gasteiger partial charge in [-0.25, -0.2) is 22.7 Å². The third kappa shape index (κ3) is 3.80. The van der Waals surface area contributed by atoms with Gasteiger partial charge >= 0.3 is 0 Å². The number of sulfonamides is 1. The molecule has 1 aliphatic rings. The van der Waals surface area contributed by atoms with Crippen molar-refractivity contribution in [2.75, 3.05) is 43.6 Å². The first-order valence-corrected chi connectivity index (χ1v) is 9.14. The zero-order valence-corrected chi connectivity index (χ0v) is 12.7. The first-order valence-electron chi connectivity index (χ1n) is 6.07. The lowest BCUT2D eigenvalue weighted by Crippen LogP contribution is -2.34. The smallest absolute Gasteiger partial charge is 0.225 e. The molecule has 0 spiro atoms. The van der Waals surface area contributed by atoms with E-state index in [0.717, 1.165) is 17.9 Å². The van der Waals surface area contributed by atoms with Gasteiger partial charge in [-0.3, -0.25) is 0 Å². The van der Waals surface area contributed by atoms with Crippen molar-refractivity contribution in [3.63, 3.8) is 0 Å². The first kappa shape index (κ1) is 14.5. The second-order valence-electron chi connectivity index (χ2n) is 4.43. The van der Waals surface area contributed by atoms with Gasteiger partial charge < -0.3 is 4.90 Å². The van der Waals surface area contributed by atoms with Crippen LogP contribution >= 0.6 is 11.8 Å². The van der Waals surface area contributed by atoms with Gasteiger partial charge in [0.25, 0.3) is 0 Å². The van der Waals surface area contributed by atoms with Crippen LogP contribution in [0.1, 0.15) is 6.42 Å². The highest BCUT2D eigenvalue weighted by Crippen LogP contribution is 2.16. The normalized spacial score (nSPS) is 18.3. The van der Waals surface area contributed by atoms with Gasteiger partial charge in [-0.05, 0) is 12.7 Å². The summed E-state index contributed by atoms with van der Waals surface area (Å²) in [6, 6.07) is 0. The number of hydrogen-bond acceptors (Lipinski definition) is 6. The maximum absolute atomic E-state index is 11.5. The van der Waals surface area contributed by atoms with Crippen LogP contribution in [-0.4, -0.2) is 61.4 Å². The monoisotopic (exact) mass is 302 g/mol. The molecule has 2 rings (SSSR count). The van der Waals surface area contributed by atoms with Gasteiger partial charge in [0.15, 0.2) is 0 Å². The van der Waals surface area contributed by atoms with E-state index in [1.165, 1.54) is 10.6 Å². The number of rotatable bonds is 3. The predicted octanol–water partition coefficient (Wildman–Crippen LogP) is 0.670. The average Bonchev–Trinajstić information content (AvgIpc) is 2.64. The van der Waals surface area contributed by atoms with E-state index in [9.17, 15) is 8.42 Å². The summed E-state index contributed by atoms with van der Waals surface area (Å²) in [5.41, 5.74) is 0. The van der Waals surface area contributed by atoms with Crippen LogP contribution in [0.15, 0.2) is 17.3 Å². The molecule has 8 heteroatoms. The fourth-order valence-corrected chi connectivity index (χ4v) is 3.19. The maximum atomic E-state index is 11.5. The molecule has 2 heterocycles. The van der Waals surface area contributed by atoms with E-state index in [1.54, 1.807) is 24.2 Å². The molecular weight excluding hydrogens is 284 g/mol. The highest BCUT2D eigenvalue weighted by atomic mass is 32.2. The summed E-state index contributed by atoms with van der Waals surface area (Å²) in [4.78, 5) is 11.7. The van der Waals surface area contributed by atoms with Crippen LogP contribution in [-0.2, 0) is 10.0 Å². The zero-order chi connectivity index (χ0) is 13.9.